The van der Waals surface area contributed by atoms with Crippen molar-refractivity contribution in [3.05, 3.63) is 55.7 Å². The first-order valence-corrected chi connectivity index (χ1v) is 6.71. The maximum atomic E-state index is 12.0. The molecule has 116 valence electrons. The molecule has 2 rings (SSSR count). The summed E-state index contributed by atoms with van der Waals surface area (Å²) >= 11 is 0. The van der Waals surface area contributed by atoms with Gasteiger partial charge in [-0.15, -0.1) is 0 Å². The summed E-state index contributed by atoms with van der Waals surface area (Å²) in [5.41, 5.74) is 0.697. The fourth-order valence-electron chi connectivity index (χ4n) is 2.19. The topological polar surface area (TPSA) is 108 Å². The highest BCUT2D eigenvalue weighted by Gasteiger charge is 2.14. The van der Waals surface area contributed by atoms with E-state index in [4.69, 9.17) is 5.11 Å². The molecule has 0 aliphatic heterocycles. The number of aromatic hydroxyl groups is 1. The number of aryl methyl sites for hydroxylation is 2. The van der Waals surface area contributed by atoms with E-state index >= 15 is 0 Å². The molecule has 2 aromatic rings. The molecule has 0 aliphatic rings. The molecular formula is C15H17N3O4. The van der Waals surface area contributed by atoms with Crippen LogP contribution in [0.2, 0.25) is 0 Å². The van der Waals surface area contributed by atoms with E-state index in [9.17, 15) is 14.7 Å². The number of aromatic amines is 1. The van der Waals surface area contributed by atoms with E-state index in [1.807, 2.05) is 19.9 Å². The standard InChI is InChI=1S/C15H17N3O4/c1-9-5-10(2)7-11(6-9)18-14(21)12(8-16-3-4-19)13(20)17-15(18)22/h5-8,19,21H,3-4H2,1-2H3,(H,17,20,22). The predicted octanol–water partition coefficient (Wildman–Crippen LogP) is 0.259. The number of benzene rings is 1. The Balaban J connectivity index is 2.68. The number of aliphatic imine (C=N–C) groups is 1. The van der Waals surface area contributed by atoms with Crippen LogP contribution in [0, 0.1) is 13.8 Å². The number of aliphatic hydroxyl groups excluding tert-OH is 1. The van der Waals surface area contributed by atoms with Gasteiger partial charge in [-0.25, -0.2) is 9.36 Å². The Kier molecular flexibility index (Phi) is 4.57. The van der Waals surface area contributed by atoms with Crippen LogP contribution in [0.5, 0.6) is 5.88 Å². The van der Waals surface area contributed by atoms with Crippen LogP contribution >= 0.6 is 0 Å². The smallest absolute Gasteiger partial charge is 0.335 e. The van der Waals surface area contributed by atoms with Gasteiger partial charge in [0.2, 0.25) is 5.88 Å². The van der Waals surface area contributed by atoms with E-state index in [-0.39, 0.29) is 18.7 Å². The molecule has 7 heteroatoms. The molecule has 0 spiro atoms. The molecule has 1 aromatic heterocycles. The number of nitrogens with one attached hydrogen (secondary N) is 1. The number of aliphatic hydroxyl groups is 1. The molecule has 0 radical (unpaired) electrons. The molecule has 7 nitrogen and oxygen atoms in total. The minimum atomic E-state index is -0.732. The lowest BCUT2D eigenvalue weighted by atomic mass is 10.1. The maximum absolute atomic E-state index is 12.0. The monoisotopic (exact) mass is 303 g/mol. The Bertz CT molecular complexity index is 813. The van der Waals surface area contributed by atoms with Crippen molar-refractivity contribution in [2.24, 2.45) is 4.99 Å². The van der Waals surface area contributed by atoms with Gasteiger partial charge in [0.25, 0.3) is 5.56 Å². The molecule has 0 saturated carbocycles. The number of hydrogen-bond donors (Lipinski definition) is 3. The Morgan fingerprint density at radius 1 is 1.23 bits per heavy atom. The van der Waals surface area contributed by atoms with Crippen molar-refractivity contribution in [2.45, 2.75) is 13.8 Å². The highest BCUT2D eigenvalue weighted by Crippen LogP contribution is 2.18. The van der Waals surface area contributed by atoms with Gasteiger partial charge in [-0.1, -0.05) is 6.07 Å². The molecule has 22 heavy (non-hydrogen) atoms. The summed E-state index contributed by atoms with van der Waals surface area (Å²) in [6.07, 6.45) is 1.14. The fraction of sp³-hybridized carbons (Fsp3) is 0.267. The first kappa shape index (κ1) is 15.7. The van der Waals surface area contributed by atoms with Crippen molar-refractivity contribution in [3.8, 4) is 11.6 Å². The Hall–Kier alpha value is -2.67. The van der Waals surface area contributed by atoms with Crippen LogP contribution in [-0.2, 0) is 0 Å². The van der Waals surface area contributed by atoms with Crippen LogP contribution in [-0.4, -0.2) is 39.1 Å². The van der Waals surface area contributed by atoms with E-state index in [1.165, 1.54) is 0 Å². The summed E-state index contributed by atoms with van der Waals surface area (Å²) < 4.78 is 1.02. The summed E-state index contributed by atoms with van der Waals surface area (Å²) in [5.74, 6) is -0.486. The zero-order valence-corrected chi connectivity index (χ0v) is 12.3. The zero-order chi connectivity index (χ0) is 16.3. The highest BCUT2D eigenvalue weighted by molar-refractivity contribution is 5.82. The first-order valence-electron chi connectivity index (χ1n) is 6.71. The van der Waals surface area contributed by atoms with E-state index in [0.29, 0.717) is 5.69 Å². The molecule has 0 bridgehead atoms. The van der Waals surface area contributed by atoms with Gasteiger partial charge in [0.1, 0.15) is 5.56 Å². The van der Waals surface area contributed by atoms with Gasteiger partial charge in [-0.2, -0.15) is 0 Å². The van der Waals surface area contributed by atoms with Crippen LogP contribution in [0.3, 0.4) is 0 Å². The van der Waals surface area contributed by atoms with Crippen molar-refractivity contribution in [1.29, 1.82) is 0 Å². The summed E-state index contributed by atoms with van der Waals surface area (Å²) in [6.45, 7) is 3.66. The second-order valence-corrected chi connectivity index (χ2v) is 4.94. The van der Waals surface area contributed by atoms with Crippen molar-refractivity contribution >= 4 is 6.21 Å². The van der Waals surface area contributed by atoms with Gasteiger partial charge < -0.3 is 10.2 Å². The normalized spacial score (nSPS) is 11.2. The molecule has 1 aromatic carbocycles. The Morgan fingerprint density at radius 3 is 2.45 bits per heavy atom. The number of nitrogens with zero attached hydrogens (tertiary/aromatic N) is 2. The number of hydrogen-bond acceptors (Lipinski definition) is 5. The SMILES string of the molecule is Cc1cc(C)cc(-n2c(O)c(C=NCCO)c(=O)[nH]c2=O)c1. The lowest BCUT2D eigenvalue weighted by Gasteiger charge is -2.11. The van der Waals surface area contributed by atoms with Crippen molar-refractivity contribution in [3.63, 3.8) is 0 Å². The van der Waals surface area contributed by atoms with Gasteiger partial charge in [-0.05, 0) is 37.1 Å². The molecule has 0 saturated heterocycles. The van der Waals surface area contributed by atoms with Crippen molar-refractivity contribution in [1.82, 2.24) is 9.55 Å². The lowest BCUT2D eigenvalue weighted by Crippen LogP contribution is -2.31. The second-order valence-electron chi connectivity index (χ2n) is 4.94. The van der Waals surface area contributed by atoms with E-state index in [1.54, 1.807) is 12.1 Å². The molecule has 0 fully saturated rings. The third kappa shape index (κ3) is 3.15. The highest BCUT2D eigenvalue weighted by atomic mass is 16.3. The Labute approximate surface area is 126 Å². The quantitative estimate of drug-likeness (QED) is 0.704. The maximum Gasteiger partial charge on any atom is 0.335 e. The van der Waals surface area contributed by atoms with Crippen LogP contribution in [0.1, 0.15) is 16.7 Å². The third-order valence-electron chi connectivity index (χ3n) is 3.04. The zero-order valence-electron chi connectivity index (χ0n) is 12.3. The minimum absolute atomic E-state index is 0.0988. The third-order valence-corrected chi connectivity index (χ3v) is 3.04. The Morgan fingerprint density at radius 2 is 1.86 bits per heavy atom. The molecule has 1 heterocycles. The van der Waals surface area contributed by atoms with Crippen LogP contribution in [0.25, 0.3) is 5.69 Å². The second kappa shape index (κ2) is 6.40. The van der Waals surface area contributed by atoms with E-state index < -0.39 is 17.1 Å². The molecular weight excluding hydrogens is 286 g/mol. The molecule has 3 N–H and O–H groups in total. The van der Waals surface area contributed by atoms with Gasteiger partial charge in [0.15, 0.2) is 0 Å². The van der Waals surface area contributed by atoms with E-state index in [0.717, 1.165) is 21.9 Å². The molecule has 0 aliphatic carbocycles. The van der Waals surface area contributed by atoms with Gasteiger partial charge >= 0.3 is 5.69 Å². The van der Waals surface area contributed by atoms with Crippen molar-refractivity contribution < 1.29 is 10.2 Å². The van der Waals surface area contributed by atoms with Gasteiger partial charge in [0.05, 0.1) is 18.8 Å². The number of aromatic nitrogens is 2. The van der Waals surface area contributed by atoms with Gasteiger partial charge in [0, 0.05) is 6.21 Å². The first-order chi connectivity index (χ1) is 10.4. The average Bonchev–Trinajstić information content (AvgIpc) is 2.41. The molecule has 0 amide bonds. The number of rotatable bonds is 4. The summed E-state index contributed by atoms with van der Waals surface area (Å²) in [7, 11) is 0. The average molecular weight is 303 g/mol. The lowest BCUT2D eigenvalue weighted by molar-refractivity contribution is 0.307. The summed E-state index contributed by atoms with van der Waals surface area (Å²) in [6, 6.07) is 5.38. The van der Waals surface area contributed by atoms with Crippen LogP contribution in [0.4, 0.5) is 0 Å². The summed E-state index contributed by atoms with van der Waals surface area (Å²) in [5, 5.41) is 19.0. The van der Waals surface area contributed by atoms with Crippen LogP contribution in [0.15, 0.2) is 32.8 Å². The largest absolute Gasteiger partial charge is 0.493 e. The summed E-state index contributed by atoms with van der Waals surface area (Å²) in [4.78, 5) is 29.8. The molecule has 0 atom stereocenters. The predicted molar refractivity (Wildman–Crippen MR) is 83.3 cm³/mol. The van der Waals surface area contributed by atoms with Gasteiger partial charge in [-0.3, -0.25) is 14.8 Å². The minimum Gasteiger partial charge on any atom is -0.493 e. The number of H-pyrrole nitrogens is 1. The van der Waals surface area contributed by atoms with Crippen LogP contribution < -0.4 is 11.2 Å². The molecule has 0 unspecified atom stereocenters. The van der Waals surface area contributed by atoms with Crippen molar-refractivity contribution in [2.75, 3.05) is 13.2 Å². The fourth-order valence-corrected chi connectivity index (χ4v) is 2.19. The van der Waals surface area contributed by atoms with E-state index in [2.05, 4.69) is 9.98 Å².